The predicted octanol–water partition coefficient (Wildman–Crippen LogP) is 2.10. The topological polar surface area (TPSA) is 74.4 Å². The van der Waals surface area contributed by atoms with Gasteiger partial charge in [-0.25, -0.2) is 4.79 Å². The van der Waals surface area contributed by atoms with Gasteiger partial charge in [-0.3, -0.25) is 4.98 Å². The van der Waals surface area contributed by atoms with E-state index in [1.165, 1.54) is 12.3 Å². The molecule has 20 heavy (non-hydrogen) atoms. The summed E-state index contributed by atoms with van der Waals surface area (Å²) in [5, 5.41) is 0. The van der Waals surface area contributed by atoms with Crippen LogP contribution in [0.4, 0.5) is 18.9 Å². The molecule has 0 aliphatic heterocycles. The number of rotatable bonds is 6. The fraction of sp³-hybridized carbons (Fsp3) is 0.500. The van der Waals surface area contributed by atoms with E-state index in [9.17, 15) is 18.0 Å². The molecule has 1 heterocycles. The molecule has 0 atom stereocenters. The molecule has 0 aliphatic carbocycles. The van der Waals surface area contributed by atoms with Crippen molar-refractivity contribution in [3.63, 3.8) is 0 Å². The lowest BCUT2D eigenvalue weighted by atomic mass is 10.2. The number of ether oxygens (including phenoxy) is 2. The second kappa shape index (κ2) is 7.09. The van der Waals surface area contributed by atoms with E-state index in [1.807, 2.05) is 0 Å². The Hall–Kier alpha value is -1.83. The number of nitrogen functional groups attached to an aromatic ring is 1. The van der Waals surface area contributed by atoms with E-state index in [0.29, 0.717) is 11.4 Å². The van der Waals surface area contributed by atoms with Gasteiger partial charge >= 0.3 is 12.1 Å². The van der Waals surface area contributed by atoms with Crippen molar-refractivity contribution in [2.45, 2.75) is 19.5 Å². The highest BCUT2D eigenvalue weighted by Gasteiger charge is 2.27. The fourth-order valence-corrected chi connectivity index (χ4v) is 1.35. The average Bonchev–Trinajstić information content (AvgIpc) is 2.35. The number of alkyl halides is 3. The van der Waals surface area contributed by atoms with Gasteiger partial charge < -0.3 is 15.2 Å². The van der Waals surface area contributed by atoms with Crippen LogP contribution in [0.2, 0.25) is 0 Å². The number of esters is 1. The van der Waals surface area contributed by atoms with Gasteiger partial charge in [0.1, 0.15) is 6.61 Å². The van der Waals surface area contributed by atoms with E-state index in [2.05, 4.69) is 9.72 Å². The smallest absolute Gasteiger partial charge is 0.411 e. The molecule has 0 aliphatic rings. The predicted molar refractivity (Wildman–Crippen MR) is 65.2 cm³/mol. The molecule has 2 N–H and O–H groups in total. The number of nitrogens with two attached hydrogens (primary N) is 1. The van der Waals surface area contributed by atoms with Gasteiger partial charge in [0, 0.05) is 6.42 Å². The van der Waals surface area contributed by atoms with Crippen LogP contribution in [0.15, 0.2) is 12.3 Å². The summed E-state index contributed by atoms with van der Waals surface area (Å²) >= 11 is 0. The number of carbonyl (C=O) groups excluding carboxylic acids is 1. The van der Waals surface area contributed by atoms with Gasteiger partial charge in [-0.2, -0.15) is 13.2 Å². The van der Waals surface area contributed by atoms with Crippen LogP contribution in [0.5, 0.6) is 0 Å². The quantitative estimate of drug-likeness (QED) is 0.642. The molecule has 0 radical (unpaired) electrons. The first kappa shape index (κ1) is 16.2. The van der Waals surface area contributed by atoms with Crippen LogP contribution >= 0.6 is 0 Å². The molecule has 112 valence electrons. The molecule has 0 spiro atoms. The van der Waals surface area contributed by atoms with Crippen LogP contribution in [0.3, 0.4) is 0 Å². The largest absolute Gasteiger partial charge is 0.462 e. The number of carbonyl (C=O) groups is 1. The zero-order valence-corrected chi connectivity index (χ0v) is 10.9. The van der Waals surface area contributed by atoms with Gasteiger partial charge in [0.15, 0.2) is 0 Å². The van der Waals surface area contributed by atoms with Crippen molar-refractivity contribution in [2.24, 2.45) is 0 Å². The van der Waals surface area contributed by atoms with Gasteiger partial charge in [-0.1, -0.05) is 0 Å². The summed E-state index contributed by atoms with van der Waals surface area (Å²) in [7, 11) is 0. The first-order valence-corrected chi connectivity index (χ1v) is 5.83. The van der Waals surface area contributed by atoms with Crippen molar-refractivity contribution in [1.29, 1.82) is 0 Å². The molecular weight excluding hydrogens is 277 g/mol. The standard InChI is InChI=1S/C12H15F3N2O3/c1-8-10(5-9(16)6-17-8)11(18)20-4-2-3-19-7-12(13,14)15/h5-6H,2-4,7,16H2,1H3. The molecule has 0 aromatic carbocycles. The normalized spacial score (nSPS) is 11.4. The zero-order chi connectivity index (χ0) is 15.2. The molecule has 8 heteroatoms. The molecular formula is C12H15F3N2O3. The van der Waals surface area contributed by atoms with E-state index in [0.717, 1.165) is 0 Å². The highest BCUT2D eigenvalue weighted by atomic mass is 19.4. The van der Waals surface area contributed by atoms with Crippen LogP contribution in [-0.2, 0) is 9.47 Å². The second-order valence-electron chi connectivity index (χ2n) is 4.06. The van der Waals surface area contributed by atoms with Gasteiger partial charge in [-0.15, -0.1) is 0 Å². The van der Waals surface area contributed by atoms with Gasteiger partial charge in [-0.05, 0) is 13.0 Å². The molecule has 0 saturated heterocycles. The Bertz CT molecular complexity index is 464. The summed E-state index contributed by atoms with van der Waals surface area (Å²) in [4.78, 5) is 15.6. The molecule has 1 rings (SSSR count). The van der Waals surface area contributed by atoms with Crippen molar-refractivity contribution in [2.75, 3.05) is 25.6 Å². The number of nitrogens with zero attached hydrogens (tertiary/aromatic N) is 1. The van der Waals surface area contributed by atoms with Crippen molar-refractivity contribution < 1.29 is 27.4 Å². The third kappa shape index (κ3) is 5.87. The number of halogens is 3. The summed E-state index contributed by atoms with van der Waals surface area (Å²) < 4.78 is 44.6. The van der Waals surface area contributed by atoms with Gasteiger partial charge in [0.05, 0.1) is 36.4 Å². The molecule has 0 bridgehead atoms. The number of aromatic nitrogens is 1. The zero-order valence-electron chi connectivity index (χ0n) is 10.9. The highest BCUT2D eigenvalue weighted by Crippen LogP contribution is 2.14. The Morgan fingerprint density at radius 1 is 1.40 bits per heavy atom. The lowest BCUT2D eigenvalue weighted by Gasteiger charge is -2.09. The van der Waals surface area contributed by atoms with Gasteiger partial charge in [0.2, 0.25) is 0 Å². The minimum Gasteiger partial charge on any atom is -0.462 e. The third-order valence-corrected chi connectivity index (χ3v) is 2.26. The molecule has 1 aromatic rings. The van der Waals surface area contributed by atoms with E-state index in [-0.39, 0.29) is 25.2 Å². The number of anilines is 1. The maximum Gasteiger partial charge on any atom is 0.411 e. The van der Waals surface area contributed by atoms with Crippen LogP contribution in [0, 0.1) is 6.92 Å². The third-order valence-electron chi connectivity index (χ3n) is 2.26. The van der Waals surface area contributed by atoms with Gasteiger partial charge in [0.25, 0.3) is 0 Å². The lowest BCUT2D eigenvalue weighted by Crippen LogP contribution is -2.18. The monoisotopic (exact) mass is 292 g/mol. The average molecular weight is 292 g/mol. The minimum atomic E-state index is -4.35. The fourth-order valence-electron chi connectivity index (χ4n) is 1.35. The molecule has 0 saturated carbocycles. The van der Waals surface area contributed by atoms with Crippen molar-refractivity contribution >= 4 is 11.7 Å². The van der Waals surface area contributed by atoms with Crippen LogP contribution in [-0.4, -0.2) is 37.0 Å². The molecule has 0 unspecified atom stereocenters. The summed E-state index contributed by atoms with van der Waals surface area (Å²) in [5.41, 5.74) is 6.54. The van der Waals surface area contributed by atoms with Crippen molar-refractivity contribution in [1.82, 2.24) is 4.98 Å². The number of pyridine rings is 1. The SMILES string of the molecule is Cc1ncc(N)cc1C(=O)OCCCOCC(F)(F)F. The Labute approximate surface area is 113 Å². The Balaban J connectivity index is 2.28. The number of hydrogen-bond donors (Lipinski definition) is 1. The molecule has 1 aromatic heterocycles. The summed E-state index contributed by atoms with van der Waals surface area (Å²) in [6, 6.07) is 1.44. The van der Waals surface area contributed by atoms with E-state index >= 15 is 0 Å². The van der Waals surface area contributed by atoms with Crippen molar-refractivity contribution in [3.8, 4) is 0 Å². The Morgan fingerprint density at radius 3 is 2.75 bits per heavy atom. The van der Waals surface area contributed by atoms with E-state index in [1.54, 1.807) is 6.92 Å². The summed E-state index contributed by atoms with van der Waals surface area (Å²) in [6.45, 7) is 0.146. The highest BCUT2D eigenvalue weighted by molar-refractivity contribution is 5.91. The first-order chi connectivity index (χ1) is 9.29. The first-order valence-electron chi connectivity index (χ1n) is 5.83. The van der Waals surface area contributed by atoms with Crippen molar-refractivity contribution in [3.05, 3.63) is 23.5 Å². The van der Waals surface area contributed by atoms with Crippen LogP contribution in [0.25, 0.3) is 0 Å². The lowest BCUT2D eigenvalue weighted by molar-refractivity contribution is -0.174. The number of aryl methyl sites for hydroxylation is 1. The van der Waals surface area contributed by atoms with Crippen LogP contribution < -0.4 is 5.73 Å². The second-order valence-corrected chi connectivity index (χ2v) is 4.06. The summed E-state index contributed by atoms with van der Waals surface area (Å²) in [6.07, 6.45) is -2.76. The Morgan fingerprint density at radius 2 is 2.10 bits per heavy atom. The van der Waals surface area contributed by atoms with E-state index in [4.69, 9.17) is 10.5 Å². The Kier molecular flexibility index (Phi) is 5.75. The molecule has 0 amide bonds. The van der Waals surface area contributed by atoms with Crippen LogP contribution in [0.1, 0.15) is 22.5 Å². The maximum atomic E-state index is 11.8. The van der Waals surface area contributed by atoms with E-state index < -0.39 is 18.8 Å². The number of hydrogen-bond acceptors (Lipinski definition) is 5. The molecule has 5 nitrogen and oxygen atoms in total. The maximum absolute atomic E-state index is 11.8. The molecule has 0 fully saturated rings. The summed E-state index contributed by atoms with van der Waals surface area (Å²) in [5.74, 6) is -0.613. The minimum absolute atomic E-state index is 0.0368.